The fourth-order valence-electron chi connectivity index (χ4n) is 4.53. The number of benzene rings is 2. The van der Waals surface area contributed by atoms with E-state index in [0.29, 0.717) is 6.61 Å². The number of carbonyl (C=O) groups excluding carboxylic acids is 1. The van der Waals surface area contributed by atoms with Gasteiger partial charge in [0.15, 0.2) is 0 Å². The van der Waals surface area contributed by atoms with Gasteiger partial charge in [0.05, 0.1) is 6.61 Å². The highest BCUT2D eigenvalue weighted by molar-refractivity contribution is 5.97. The molecule has 0 spiro atoms. The van der Waals surface area contributed by atoms with Gasteiger partial charge in [0.1, 0.15) is 5.41 Å². The Morgan fingerprint density at radius 2 is 1.80 bits per heavy atom. The molecule has 0 radical (unpaired) electrons. The molecule has 1 heterocycles. The largest absolute Gasteiger partial charge is 0.465 e. The van der Waals surface area contributed by atoms with E-state index in [4.69, 9.17) is 4.74 Å². The van der Waals surface area contributed by atoms with Crippen LogP contribution in [0.2, 0.25) is 0 Å². The molecule has 1 aromatic heterocycles. The van der Waals surface area contributed by atoms with Crippen LogP contribution in [0.4, 0.5) is 0 Å². The molecular weight excluding hydrogens is 310 g/mol. The molecule has 0 saturated heterocycles. The number of ether oxygens (including phenoxy) is 1. The number of hydrogen-bond donors (Lipinski definition) is 0. The first-order valence-electron chi connectivity index (χ1n) is 8.89. The van der Waals surface area contributed by atoms with Crippen molar-refractivity contribution < 1.29 is 9.53 Å². The molecule has 3 unspecified atom stereocenters. The molecule has 128 valence electrons. The van der Waals surface area contributed by atoms with Gasteiger partial charge in [-0.15, -0.1) is 0 Å². The lowest BCUT2D eigenvalue weighted by atomic mass is 9.89. The van der Waals surface area contributed by atoms with E-state index in [0.717, 1.165) is 16.5 Å². The summed E-state index contributed by atoms with van der Waals surface area (Å²) >= 11 is 0. The minimum atomic E-state index is -0.599. The van der Waals surface area contributed by atoms with E-state index in [-0.39, 0.29) is 17.8 Å². The molecule has 1 fully saturated rings. The average molecular weight is 333 g/mol. The predicted octanol–water partition coefficient (Wildman–Crippen LogP) is 4.41. The molecule has 1 aliphatic rings. The molecule has 0 aliphatic heterocycles. The molecule has 2 aromatic carbocycles. The molecule has 0 N–H and O–H groups in total. The third-order valence-corrected chi connectivity index (χ3v) is 5.71. The highest BCUT2D eigenvalue weighted by Crippen LogP contribution is 2.67. The zero-order chi connectivity index (χ0) is 17.6. The number of para-hydroxylation sites is 1. The Balaban J connectivity index is 1.93. The van der Waals surface area contributed by atoms with Crippen LogP contribution in [0.5, 0.6) is 0 Å². The summed E-state index contributed by atoms with van der Waals surface area (Å²) in [5.41, 5.74) is 2.84. The predicted molar refractivity (Wildman–Crippen MR) is 99.6 cm³/mol. The molecule has 0 amide bonds. The van der Waals surface area contributed by atoms with Gasteiger partial charge >= 0.3 is 5.97 Å². The average Bonchev–Trinajstić information content (AvgIpc) is 3.12. The van der Waals surface area contributed by atoms with Crippen molar-refractivity contribution in [2.24, 2.45) is 13.0 Å². The lowest BCUT2D eigenvalue weighted by molar-refractivity contribution is -0.146. The standard InChI is InChI=1S/C22H23NO2/c1-4-25-21(24)22(15(2)20(22)16-10-6-5-7-11-16)18-14-23(3)19-13-9-8-12-17(18)19/h5-15,20H,4H2,1-3H3. The molecule has 1 saturated carbocycles. The lowest BCUT2D eigenvalue weighted by Crippen LogP contribution is -2.26. The SMILES string of the molecule is CCOC(=O)C1(c2cn(C)c3ccccc23)C(C)C1c1ccccc1. The maximum Gasteiger partial charge on any atom is 0.317 e. The maximum atomic E-state index is 13.1. The molecule has 1 aliphatic carbocycles. The monoisotopic (exact) mass is 333 g/mol. The third-order valence-electron chi connectivity index (χ3n) is 5.71. The van der Waals surface area contributed by atoms with Gasteiger partial charge in [-0.2, -0.15) is 0 Å². The Bertz CT molecular complexity index is 928. The second-order valence-corrected chi connectivity index (χ2v) is 6.94. The fraction of sp³-hybridized carbons (Fsp3) is 0.318. The molecule has 0 bridgehead atoms. The van der Waals surface area contributed by atoms with Crippen LogP contribution in [0.25, 0.3) is 10.9 Å². The van der Waals surface area contributed by atoms with Gasteiger partial charge in [0.2, 0.25) is 0 Å². The number of hydrogen-bond acceptors (Lipinski definition) is 2. The van der Waals surface area contributed by atoms with Crippen molar-refractivity contribution in [3.05, 3.63) is 71.9 Å². The van der Waals surface area contributed by atoms with Crippen LogP contribution < -0.4 is 0 Å². The molecule has 3 nitrogen and oxygen atoms in total. The van der Waals surface area contributed by atoms with Gasteiger partial charge in [0, 0.05) is 30.1 Å². The third kappa shape index (κ3) is 2.15. The van der Waals surface area contributed by atoms with Crippen molar-refractivity contribution in [1.29, 1.82) is 0 Å². The van der Waals surface area contributed by atoms with E-state index in [1.165, 1.54) is 5.56 Å². The zero-order valence-corrected chi connectivity index (χ0v) is 14.9. The number of aromatic nitrogens is 1. The summed E-state index contributed by atoms with van der Waals surface area (Å²) in [4.78, 5) is 13.1. The Hall–Kier alpha value is -2.55. The number of esters is 1. The van der Waals surface area contributed by atoms with Crippen molar-refractivity contribution in [1.82, 2.24) is 4.57 Å². The Morgan fingerprint density at radius 3 is 2.52 bits per heavy atom. The quantitative estimate of drug-likeness (QED) is 0.662. The smallest absolute Gasteiger partial charge is 0.317 e. The summed E-state index contributed by atoms with van der Waals surface area (Å²) in [6, 6.07) is 18.6. The van der Waals surface area contributed by atoms with Gasteiger partial charge < -0.3 is 9.30 Å². The van der Waals surface area contributed by atoms with E-state index >= 15 is 0 Å². The molecular formula is C22H23NO2. The van der Waals surface area contributed by atoms with Crippen LogP contribution in [0.15, 0.2) is 60.8 Å². The van der Waals surface area contributed by atoms with Gasteiger partial charge in [-0.25, -0.2) is 0 Å². The van der Waals surface area contributed by atoms with E-state index in [1.54, 1.807) is 0 Å². The van der Waals surface area contributed by atoms with E-state index in [1.807, 2.05) is 44.3 Å². The molecule has 25 heavy (non-hydrogen) atoms. The Kier molecular flexibility index (Phi) is 3.68. The first-order valence-corrected chi connectivity index (χ1v) is 8.89. The van der Waals surface area contributed by atoms with Gasteiger partial charge in [-0.05, 0) is 30.0 Å². The summed E-state index contributed by atoms with van der Waals surface area (Å²) in [7, 11) is 2.04. The van der Waals surface area contributed by atoms with Crippen LogP contribution in [0, 0.1) is 5.92 Å². The highest BCUT2D eigenvalue weighted by atomic mass is 16.5. The van der Waals surface area contributed by atoms with Crippen molar-refractivity contribution in [3.8, 4) is 0 Å². The van der Waals surface area contributed by atoms with Crippen LogP contribution in [-0.4, -0.2) is 17.1 Å². The van der Waals surface area contributed by atoms with Gasteiger partial charge in [-0.1, -0.05) is 55.5 Å². The van der Waals surface area contributed by atoms with E-state index in [9.17, 15) is 4.79 Å². The second kappa shape index (κ2) is 5.76. The summed E-state index contributed by atoms with van der Waals surface area (Å²) in [5, 5.41) is 1.14. The normalized spacial score (nSPS) is 25.1. The Labute approximate surface area is 148 Å². The topological polar surface area (TPSA) is 31.2 Å². The van der Waals surface area contributed by atoms with Crippen LogP contribution >= 0.6 is 0 Å². The minimum absolute atomic E-state index is 0.104. The first-order chi connectivity index (χ1) is 12.1. The van der Waals surface area contributed by atoms with Crippen LogP contribution in [0.3, 0.4) is 0 Å². The molecule has 3 aromatic rings. The first kappa shape index (κ1) is 15.9. The van der Waals surface area contributed by atoms with Crippen LogP contribution in [0.1, 0.15) is 30.9 Å². The van der Waals surface area contributed by atoms with Crippen molar-refractivity contribution in [2.75, 3.05) is 6.61 Å². The summed E-state index contributed by atoms with van der Waals surface area (Å²) in [6.07, 6.45) is 2.11. The van der Waals surface area contributed by atoms with Gasteiger partial charge in [-0.3, -0.25) is 4.79 Å². The summed E-state index contributed by atoms with van der Waals surface area (Å²) in [5.74, 6) is 0.256. The maximum absolute atomic E-state index is 13.1. The van der Waals surface area contributed by atoms with E-state index in [2.05, 4.69) is 42.0 Å². The molecule has 3 atom stereocenters. The van der Waals surface area contributed by atoms with Crippen molar-refractivity contribution >= 4 is 16.9 Å². The van der Waals surface area contributed by atoms with Gasteiger partial charge in [0.25, 0.3) is 0 Å². The number of nitrogens with zero attached hydrogens (tertiary/aromatic N) is 1. The number of fused-ring (bicyclic) bond motifs is 1. The number of carbonyl (C=O) groups is 1. The summed E-state index contributed by atoms with van der Waals surface area (Å²) in [6.45, 7) is 4.44. The molecule has 3 heteroatoms. The fourth-order valence-corrected chi connectivity index (χ4v) is 4.53. The Morgan fingerprint density at radius 1 is 1.12 bits per heavy atom. The highest BCUT2D eigenvalue weighted by Gasteiger charge is 2.70. The lowest BCUT2D eigenvalue weighted by Gasteiger charge is -2.16. The van der Waals surface area contributed by atoms with Crippen molar-refractivity contribution in [3.63, 3.8) is 0 Å². The van der Waals surface area contributed by atoms with E-state index < -0.39 is 5.41 Å². The second-order valence-electron chi connectivity index (χ2n) is 6.94. The number of aryl methyl sites for hydroxylation is 1. The zero-order valence-electron chi connectivity index (χ0n) is 14.9. The van der Waals surface area contributed by atoms with Crippen LogP contribution in [-0.2, 0) is 22.0 Å². The van der Waals surface area contributed by atoms with Crippen molar-refractivity contribution in [2.45, 2.75) is 25.2 Å². The number of rotatable bonds is 4. The minimum Gasteiger partial charge on any atom is -0.465 e. The summed E-state index contributed by atoms with van der Waals surface area (Å²) < 4.78 is 7.67. The molecule has 4 rings (SSSR count).